The molecule has 1 aromatic heterocycles. The van der Waals surface area contributed by atoms with Crippen molar-refractivity contribution in [3.05, 3.63) is 52.7 Å². The molecule has 106 valence electrons. The topological polar surface area (TPSA) is 62.5 Å². The number of nitrogens with one attached hydrogen (secondary N) is 1. The number of aryl methyl sites for hydroxylation is 1. The van der Waals surface area contributed by atoms with Gasteiger partial charge in [0, 0.05) is 12.1 Å². The van der Waals surface area contributed by atoms with Gasteiger partial charge < -0.3 is 14.8 Å². The van der Waals surface area contributed by atoms with Crippen LogP contribution in [0, 0.1) is 24.4 Å². The van der Waals surface area contributed by atoms with Crippen molar-refractivity contribution in [3.63, 3.8) is 0 Å². The highest BCUT2D eigenvalue weighted by Gasteiger charge is 2.15. The molecule has 0 amide bonds. The van der Waals surface area contributed by atoms with Crippen molar-refractivity contribution in [2.45, 2.75) is 13.5 Å². The third-order valence-corrected chi connectivity index (χ3v) is 2.65. The Morgan fingerprint density at radius 3 is 2.60 bits per heavy atom. The Hall–Kier alpha value is -2.44. The van der Waals surface area contributed by atoms with Crippen LogP contribution in [-0.4, -0.2) is 11.1 Å². The number of carbonyl (C=O) groups is 1. The first-order chi connectivity index (χ1) is 9.38. The monoisotopic (exact) mass is 285 g/mol. The van der Waals surface area contributed by atoms with E-state index in [2.05, 4.69) is 5.32 Å². The average Bonchev–Trinajstić information content (AvgIpc) is 2.73. The van der Waals surface area contributed by atoms with Gasteiger partial charge in [-0.2, -0.15) is 0 Å². The normalized spacial score (nSPS) is 10.6. The van der Waals surface area contributed by atoms with E-state index < -0.39 is 23.4 Å². The molecule has 0 aliphatic heterocycles. The van der Waals surface area contributed by atoms with Crippen LogP contribution in [0.15, 0.2) is 22.6 Å². The number of aromatic carboxylic acids is 1. The van der Waals surface area contributed by atoms with Crippen molar-refractivity contribution in [3.8, 4) is 0 Å². The van der Waals surface area contributed by atoms with Crippen LogP contribution in [0.2, 0.25) is 0 Å². The predicted octanol–water partition coefficient (Wildman–Crippen LogP) is 3.32. The minimum atomic E-state index is -1.31. The zero-order chi connectivity index (χ0) is 14.9. The minimum Gasteiger partial charge on any atom is -0.478 e. The van der Waals surface area contributed by atoms with Gasteiger partial charge in [0.05, 0.1) is 12.2 Å². The molecule has 0 saturated heterocycles. The van der Waals surface area contributed by atoms with Crippen molar-refractivity contribution >= 4 is 11.7 Å². The summed E-state index contributed by atoms with van der Waals surface area (Å²) >= 11 is 0. The van der Waals surface area contributed by atoms with E-state index in [0.717, 1.165) is 6.07 Å². The third-order valence-electron chi connectivity index (χ3n) is 2.65. The molecule has 0 fully saturated rings. The van der Waals surface area contributed by atoms with E-state index in [1.807, 2.05) is 0 Å². The molecular formula is C13H10F3NO3. The fourth-order valence-corrected chi connectivity index (χ4v) is 1.71. The maximum absolute atomic E-state index is 13.4. The van der Waals surface area contributed by atoms with Crippen molar-refractivity contribution in [1.29, 1.82) is 0 Å². The van der Waals surface area contributed by atoms with Crippen molar-refractivity contribution in [2.75, 3.05) is 5.32 Å². The van der Waals surface area contributed by atoms with Crippen molar-refractivity contribution < 1.29 is 27.5 Å². The number of furan rings is 1. The van der Waals surface area contributed by atoms with Crippen molar-refractivity contribution in [2.24, 2.45) is 0 Å². The molecule has 0 radical (unpaired) electrons. The molecule has 0 spiro atoms. The van der Waals surface area contributed by atoms with Crippen molar-refractivity contribution in [1.82, 2.24) is 0 Å². The van der Waals surface area contributed by atoms with Crippen LogP contribution in [0.5, 0.6) is 0 Å². The molecule has 2 N–H and O–H groups in total. The lowest BCUT2D eigenvalue weighted by atomic mass is 10.2. The summed E-state index contributed by atoms with van der Waals surface area (Å²) in [7, 11) is 0. The minimum absolute atomic E-state index is 0.0207. The van der Waals surface area contributed by atoms with Gasteiger partial charge in [0.15, 0.2) is 11.6 Å². The molecule has 1 heterocycles. The molecule has 0 bridgehead atoms. The summed E-state index contributed by atoms with van der Waals surface area (Å²) in [5, 5.41) is 11.3. The molecule has 0 atom stereocenters. The number of hydrogen-bond acceptors (Lipinski definition) is 3. The van der Waals surface area contributed by atoms with Gasteiger partial charge in [0.1, 0.15) is 22.9 Å². The zero-order valence-corrected chi connectivity index (χ0v) is 10.3. The van der Waals surface area contributed by atoms with Crippen LogP contribution in [0.3, 0.4) is 0 Å². The molecule has 2 aromatic rings. The second-order valence-electron chi connectivity index (χ2n) is 4.09. The zero-order valence-electron chi connectivity index (χ0n) is 10.3. The van der Waals surface area contributed by atoms with E-state index >= 15 is 0 Å². The Kier molecular flexibility index (Phi) is 3.69. The van der Waals surface area contributed by atoms with Crippen LogP contribution in [0.25, 0.3) is 0 Å². The summed E-state index contributed by atoms with van der Waals surface area (Å²) in [6, 6.07) is 2.49. The Balaban J connectivity index is 2.17. The Bertz CT molecular complexity index is 667. The van der Waals surface area contributed by atoms with E-state index in [1.165, 1.54) is 13.0 Å². The molecule has 0 unspecified atom stereocenters. The maximum Gasteiger partial charge on any atom is 0.339 e. The lowest BCUT2D eigenvalue weighted by molar-refractivity contribution is 0.0695. The maximum atomic E-state index is 13.4. The lowest BCUT2D eigenvalue weighted by Crippen LogP contribution is -2.03. The Morgan fingerprint density at radius 1 is 1.30 bits per heavy atom. The summed E-state index contributed by atoms with van der Waals surface area (Å²) in [4.78, 5) is 10.8. The van der Waals surface area contributed by atoms with Gasteiger partial charge in [-0.3, -0.25) is 0 Å². The predicted molar refractivity (Wildman–Crippen MR) is 64.0 cm³/mol. The van der Waals surface area contributed by atoms with Crippen LogP contribution in [0.4, 0.5) is 18.9 Å². The fraction of sp³-hybridized carbons (Fsp3) is 0.154. The first kappa shape index (κ1) is 14.0. The van der Waals surface area contributed by atoms with Gasteiger partial charge in [-0.15, -0.1) is 0 Å². The summed E-state index contributed by atoms with van der Waals surface area (Å²) < 4.78 is 44.5. The molecule has 0 saturated carbocycles. The number of benzene rings is 1. The lowest BCUT2D eigenvalue weighted by Gasteiger charge is -2.06. The van der Waals surface area contributed by atoms with Gasteiger partial charge in [0.2, 0.25) is 0 Å². The highest BCUT2D eigenvalue weighted by Crippen LogP contribution is 2.21. The van der Waals surface area contributed by atoms with E-state index in [0.29, 0.717) is 6.07 Å². The average molecular weight is 285 g/mol. The first-order valence-electron chi connectivity index (χ1n) is 5.59. The first-order valence-corrected chi connectivity index (χ1v) is 5.59. The molecular weight excluding hydrogens is 275 g/mol. The van der Waals surface area contributed by atoms with Crippen LogP contribution >= 0.6 is 0 Å². The molecule has 4 nitrogen and oxygen atoms in total. The Morgan fingerprint density at radius 2 is 2.00 bits per heavy atom. The van der Waals surface area contributed by atoms with E-state index in [1.54, 1.807) is 0 Å². The highest BCUT2D eigenvalue weighted by atomic mass is 19.2. The number of anilines is 1. The van der Waals surface area contributed by atoms with Crippen LogP contribution < -0.4 is 5.32 Å². The van der Waals surface area contributed by atoms with E-state index in [4.69, 9.17) is 9.52 Å². The fourth-order valence-electron chi connectivity index (χ4n) is 1.71. The number of halogens is 3. The molecule has 0 aliphatic rings. The smallest absolute Gasteiger partial charge is 0.339 e. The number of hydrogen-bond donors (Lipinski definition) is 2. The summed E-state index contributed by atoms with van der Waals surface area (Å²) in [6.07, 6.45) is 0. The molecule has 7 heteroatoms. The van der Waals surface area contributed by atoms with Gasteiger partial charge >= 0.3 is 5.97 Å². The number of rotatable bonds is 4. The molecule has 1 aromatic carbocycles. The molecule has 0 aliphatic carbocycles. The van der Waals surface area contributed by atoms with Gasteiger partial charge in [-0.1, -0.05) is 0 Å². The number of carboxylic acids is 1. The van der Waals surface area contributed by atoms with Crippen LogP contribution in [-0.2, 0) is 6.54 Å². The number of carboxylic acid groups (broad SMARTS) is 1. The quantitative estimate of drug-likeness (QED) is 0.846. The van der Waals surface area contributed by atoms with Gasteiger partial charge in [-0.25, -0.2) is 18.0 Å². The standard InChI is InChI=1S/C13H10F3NO3/c1-6-9(13(18)19)4-8(20-6)5-17-11-3-7(14)2-10(15)12(11)16/h2-4,17H,5H2,1H3,(H,18,19). The third kappa shape index (κ3) is 2.76. The highest BCUT2D eigenvalue weighted by molar-refractivity contribution is 5.88. The molecule has 20 heavy (non-hydrogen) atoms. The molecule has 2 rings (SSSR count). The summed E-state index contributed by atoms with van der Waals surface area (Å²) in [5.74, 6) is -4.19. The SMILES string of the molecule is Cc1oc(CNc2cc(F)cc(F)c2F)cc1C(=O)O. The van der Waals surface area contributed by atoms with E-state index in [-0.39, 0.29) is 29.3 Å². The summed E-state index contributed by atoms with van der Waals surface area (Å²) in [6.45, 7) is 1.36. The van der Waals surface area contributed by atoms with Crippen LogP contribution in [0.1, 0.15) is 21.9 Å². The second-order valence-corrected chi connectivity index (χ2v) is 4.09. The Labute approximate surface area is 111 Å². The largest absolute Gasteiger partial charge is 0.478 e. The van der Waals surface area contributed by atoms with E-state index in [9.17, 15) is 18.0 Å². The second kappa shape index (κ2) is 5.28. The van der Waals surface area contributed by atoms with Gasteiger partial charge in [0.25, 0.3) is 0 Å². The van der Waals surface area contributed by atoms with Gasteiger partial charge in [-0.05, 0) is 13.0 Å². The summed E-state index contributed by atoms with van der Waals surface area (Å²) in [5.41, 5.74) is -0.388.